The Morgan fingerprint density at radius 2 is 2.20 bits per heavy atom. The molecule has 1 aromatic rings. The van der Waals surface area contributed by atoms with Crippen LogP contribution >= 0.6 is 11.6 Å². The quantitative estimate of drug-likeness (QED) is 0.713. The lowest BCUT2D eigenvalue weighted by Crippen LogP contribution is -2.05. The van der Waals surface area contributed by atoms with Gasteiger partial charge >= 0.3 is 5.97 Å². The van der Waals surface area contributed by atoms with E-state index in [-0.39, 0.29) is 5.57 Å². The Hall–Kier alpha value is -1.81. The number of halogens is 1. The molecular weight excluding hydrogens is 218 g/mol. The van der Waals surface area contributed by atoms with E-state index in [1.807, 2.05) is 0 Å². The number of carboxylic acids is 1. The van der Waals surface area contributed by atoms with Crippen LogP contribution in [0.15, 0.2) is 24.3 Å². The SMILES string of the molecule is O=C(O)/C=C1\C(=O)Nc2cc(Cl)ccc21. The highest BCUT2D eigenvalue weighted by Crippen LogP contribution is 2.33. The molecule has 2 N–H and O–H groups in total. The van der Waals surface area contributed by atoms with Crippen LogP contribution in [0.3, 0.4) is 0 Å². The molecule has 1 aliphatic rings. The summed E-state index contributed by atoms with van der Waals surface area (Å²) in [5, 5.41) is 11.6. The average molecular weight is 224 g/mol. The number of hydrogen-bond donors (Lipinski definition) is 2. The van der Waals surface area contributed by atoms with Crippen LogP contribution in [0.25, 0.3) is 5.57 Å². The molecular formula is C10H6ClNO3. The largest absolute Gasteiger partial charge is 0.478 e. The molecule has 0 atom stereocenters. The summed E-state index contributed by atoms with van der Waals surface area (Å²) in [6.45, 7) is 0. The minimum absolute atomic E-state index is 0.147. The molecule has 0 spiro atoms. The fourth-order valence-corrected chi connectivity index (χ4v) is 1.61. The van der Waals surface area contributed by atoms with Gasteiger partial charge in [0.15, 0.2) is 0 Å². The number of benzene rings is 1. The van der Waals surface area contributed by atoms with E-state index in [0.717, 1.165) is 6.08 Å². The number of carbonyl (C=O) groups is 2. The van der Waals surface area contributed by atoms with Gasteiger partial charge in [-0.1, -0.05) is 17.7 Å². The van der Waals surface area contributed by atoms with Gasteiger partial charge in [0, 0.05) is 16.7 Å². The third-order valence-electron chi connectivity index (χ3n) is 2.03. The van der Waals surface area contributed by atoms with E-state index in [0.29, 0.717) is 16.3 Å². The molecule has 2 rings (SSSR count). The van der Waals surface area contributed by atoms with Crippen LogP contribution in [0.5, 0.6) is 0 Å². The number of carboxylic acid groups (broad SMARTS) is 1. The standard InChI is InChI=1S/C10H6ClNO3/c11-5-1-2-6-7(4-9(13)14)10(15)12-8(6)3-5/h1-4H,(H,12,15)(H,13,14)/b7-4-. The number of hydrogen-bond acceptors (Lipinski definition) is 2. The molecule has 0 radical (unpaired) electrons. The third-order valence-corrected chi connectivity index (χ3v) is 2.27. The fraction of sp³-hybridized carbons (Fsp3) is 0. The molecule has 76 valence electrons. The van der Waals surface area contributed by atoms with Gasteiger partial charge in [0.25, 0.3) is 5.91 Å². The van der Waals surface area contributed by atoms with Crippen molar-refractivity contribution in [2.45, 2.75) is 0 Å². The molecule has 1 amide bonds. The summed E-state index contributed by atoms with van der Waals surface area (Å²) in [4.78, 5) is 21.9. The number of carbonyl (C=O) groups excluding carboxylic acids is 1. The van der Waals surface area contributed by atoms with Crippen LogP contribution in [0.4, 0.5) is 5.69 Å². The van der Waals surface area contributed by atoms with Gasteiger partial charge in [-0.3, -0.25) is 4.79 Å². The average Bonchev–Trinajstić information content (AvgIpc) is 2.41. The molecule has 0 saturated heterocycles. The second-order valence-electron chi connectivity index (χ2n) is 3.04. The van der Waals surface area contributed by atoms with E-state index in [2.05, 4.69) is 5.32 Å². The van der Waals surface area contributed by atoms with Crippen molar-refractivity contribution < 1.29 is 14.7 Å². The molecule has 0 aromatic heterocycles. The van der Waals surface area contributed by atoms with E-state index in [9.17, 15) is 9.59 Å². The molecule has 0 unspecified atom stereocenters. The Bertz CT molecular complexity index is 493. The summed E-state index contributed by atoms with van der Waals surface area (Å²) in [7, 11) is 0. The predicted molar refractivity (Wildman–Crippen MR) is 55.7 cm³/mol. The zero-order valence-electron chi connectivity index (χ0n) is 7.45. The maximum Gasteiger partial charge on any atom is 0.329 e. The molecule has 0 bridgehead atoms. The van der Waals surface area contributed by atoms with Crippen LogP contribution in [-0.4, -0.2) is 17.0 Å². The van der Waals surface area contributed by atoms with Crippen molar-refractivity contribution in [1.82, 2.24) is 0 Å². The number of amides is 1. The lowest BCUT2D eigenvalue weighted by Gasteiger charge is -1.97. The zero-order chi connectivity index (χ0) is 11.0. The van der Waals surface area contributed by atoms with Crippen molar-refractivity contribution in [2.75, 3.05) is 5.32 Å². The second-order valence-corrected chi connectivity index (χ2v) is 3.48. The van der Waals surface area contributed by atoms with E-state index in [1.54, 1.807) is 18.2 Å². The van der Waals surface area contributed by atoms with Crippen molar-refractivity contribution in [1.29, 1.82) is 0 Å². The lowest BCUT2D eigenvalue weighted by atomic mass is 10.1. The smallest absolute Gasteiger partial charge is 0.329 e. The van der Waals surface area contributed by atoms with Crippen molar-refractivity contribution >= 4 is 34.7 Å². The van der Waals surface area contributed by atoms with E-state index < -0.39 is 11.9 Å². The Kier molecular flexibility index (Phi) is 2.21. The van der Waals surface area contributed by atoms with Crippen molar-refractivity contribution in [3.8, 4) is 0 Å². The Balaban J connectivity index is 2.56. The van der Waals surface area contributed by atoms with Gasteiger partial charge in [0.2, 0.25) is 0 Å². The summed E-state index contributed by atoms with van der Waals surface area (Å²) < 4.78 is 0. The number of aliphatic carboxylic acids is 1. The van der Waals surface area contributed by atoms with Gasteiger partial charge < -0.3 is 10.4 Å². The van der Waals surface area contributed by atoms with Gasteiger partial charge in [-0.2, -0.15) is 0 Å². The topological polar surface area (TPSA) is 66.4 Å². The van der Waals surface area contributed by atoms with Crippen molar-refractivity contribution in [3.63, 3.8) is 0 Å². The summed E-state index contributed by atoms with van der Waals surface area (Å²) in [6, 6.07) is 4.80. The molecule has 1 aromatic carbocycles. The first-order valence-electron chi connectivity index (χ1n) is 4.14. The van der Waals surface area contributed by atoms with Gasteiger partial charge in [-0.15, -0.1) is 0 Å². The number of rotatable bonds is 1. The van der Waals surface area contributed by atoms with Crippen LogP contribution in [0.2, 0.25) is 5.02 Å². The van der Waals surface area contributed by atoms with Crippen molar-refractivity contribution in [3.05, 3.63) is 34.9 Å². The summed E-state index contributed by atoms with van der Waals surface area (Å²) >= 11 is 5.74. The number of anilines is 1. The van der Waals surface area contributed by atoms with Crippen LogP contribution < -0.4 is 5.32 Å². The number of nitrogens with one attached hydrogen (secondary N) is 1. The minimum atomic E-state index is -1.15. The van der Waals surface area contributed by atoms with Crippen LogP contribution in [0.1, 0.15) is 5.56 Å². The first-order valence-corrected chi connectivity index (χ1v) is 4.51. The van der Waals surface area contributed by atoms with Crippen molar-refractivity contribution in [2.24, 2.45) is 0 Å². The predicted octanol–water partition coefficient (Wildman–Crippen LogP) is 1.76. The van der Waals surface area contributed by atoms with E-state index >= 15 is 0 Å². The zero-order valence-corrected chi connectivity index (χ0v) is 8.21. The highest BCUT2D eigenvalue weighted by atomic mass is 35.5. The van der Waals surface area contributed by atoms with Gasteiger partial charge in [0.1, 0.15) is 0 Å². The molecule has 1 heterocycles. The summed E-state index contributed by atoms with van der Waals surface area (Å²) in [5.41, 5.74) is 1.25. The first-order chi connectivity index (χ1) is 7.08. The van der Waals surface area contributed by atoms with Gasteiger partial charge in [-0.25, -0.2) is 4.79 Å². The van der Waals surface area contributed by atoms with Crippen LogP contribution in [0, 0.1) is 0 Å². The normalized spacial score (nSPS) is 16.3. The van der Waals surface area contributed by atoms with E-state index in [1.165, 1.54) is 0 Å². The maximum atomic E-state index is 11.4. The summed E-state index contributed by atoms with van der Waals surface area (Å²) in [5.74, 6) is -1.57. The molecule has 1 aliphatic heterocycles. The Morgan fingerprint density at radius 1 is 1.47 bits per heavy atom. The molecule has 5 heteroatoms. The van der Waals surface area contributed by atoms with Gasteiger partial charge in [-0.05, 0) is 12.1 Å². The lowest BCUT2D eigenvalue weighted by molar-refractivity contribution is -0.131. The monoisotopic (exact) mass is 223 g/mol. The van der Waals surface area contributed by atoms with Crippen LogP contribution in [-0.2, 0) is 9.59 Å². The Labute approximate surface area is 90.2 Å². The maximum absolute atomic E-state index is 11.4. The highest BCUT2D eigenvalue weighted by molar-refractivity contribution is 6.35. The summed E-state index contributed by atoms with van der Waals surface area (Å²) in [6.07, 6.45) is 0.884. The molecule has 0 saturated carbocycles. The third kappa shape index (κ3) is 1.71. The Morgan fingerprint density at radius 3 is 2.87 bits per heavy atom. The molecule has 0 fully saturated rings. The first kappa shape index (κ1) is 9.73. The fourth-order valence-electron chi connectivity index (χ4n) is 1.43. The molecule has 15 heavy (non-hydrogen) atoms. The highest BCUT2D eigenvalue weighted by Gasteiger charge is 2.24. The minimum Gasteiger partial charge on any atom is -0.478 e. The van der Waals surface area contributed by atoms with E-state index in [4.69, 9.17) is 16.7 Å². The number of fused-ring (bicyclic) bond motifs is 1. The second kappa shape index (κ2) is 3.40. The van der Waals surface area contributed by atoms with Gasteiger partial charge in [0.05, 0.1) is 11.3 Å². The molecule has 0 aliphatic carbocycles. The molecule has 4 nitrogen and oxygen atoms in total.